The van der Waals surface area contributed by atoms with Gasteiger partial charge in [0.15, 0.2) is 0 Å². The molecule has 0 aliphatic carbocycles. The monoisotopic (exact) mass is 436 g/mol. The second kappa shape index (κ2) is 10.5. The molecule has 3 aromatic rings. The van der Waals surface area contributed by atoms with E-state index in [1.807, 2.05) is 6.92 Å². The predicted molar refractivity (Wildman–Crippen MR) is 108 cm³/mol. The molecule has 8 nitrogen and oxygen atoms in total. The van der Waals surface area contributed by atoms with Crippen LogP contribution in [-0.2, 0) is 4.79 Å². The molecule has 31 heavy (non-hydrogen) atoms. The number of rotatable bonds is 8. The highest BCUT2D eigenvalue weighted by Crippen LogP contribution is 2.24. The molecular formula is C20H23F3N6O2. The van der Waals surface area contributed by atoms with E-state index >= 15 is 0 Å². The van der Waals surface area contributed by atoms with E-state index in [9.17, 15) is 18.0 Å². The smallest absolute Gasteiger partial charge is 0.314 e. The summed E-state index contributed by atoms with van der Waals surface area (Å²) in [4.78, 5) is 21.8. The first-order valence-electron chi connectivity index (χ1n) is 9.08. The summed E-state index contributed by atoms with van der Waals surface area (Å²) < 4.78 is 43.4. The van der Waals surface area contributed by atoms with Crippen LogP contribution < -0.4 is 5.32 Å². The number of alkyl halides is 2. The SMILES string of the molecule is C.CCN(CC(Nc1ncc(-c2nnc(C(F)F)o2)cn1)c1ccc(F)cc1)C(C)=O. The maximum absolute atomic E-state index is 13.3. The average Bonchev–Trinajstić information content (AvgIpc) is 3.22. The lowest BCUT2D eigenvalue weighted by Crippen LogP contribution is -2.35. The van der Waals surface area contributed by atoms with E-state index in [2.05, 4.69) is 25.5 Å². The number of benzene rings is 1. The Balaban J connectivity index is 0.00000341. The Morgan fingerprint density at radius 3 is 2.32 bits per heavy atom. The van der Waals surface area contributed by atoms with Gasteiger partial charge in [0.1, 0.15) is 5.82 Å². The Kier molecular flexibility index (Phi) is 8.06. The van der Waals surface area contributed by atoms with Crippen LogP contribution in [0.25, 0.3) is 11.5 Å². The number of halogens is 3. The Morgan fingerprint density at radius 2 is 1.81 bits per heavy atom. The number of nitrogens with zero attached hydrogens (tertiary/aromatic N) is 5. The number of carbonyl (C=O) groups is 1. The van der Waals surface area contributed by atoms with Gasteiger partial charge in [-0.05, 0) is 24.6 Å². The maximum Gasteiger partial charge on any atom is 0.314 e. The number of anilines is 1. The first-order valence-corrected chi connectivity index (χ1v) is 9.08. The van der Waals surface area contributed by atoms with Gasteiger partial charge in [0.05, 0.1) is 11.6 Å². The van der Waals surface area contributed by atoms with Gasteiger partial charge in [-0.3, -0.25) is 4.79 Å². The van der Waals surface area contributed by atoms with Crippen LogP contribution in [0.2, 0.25) is 0 Å². The van der Waals surface area contributed by atoms with Gasteiger partial charge in [-0.25, -0.2) is 14.4 Å². The molecule has 0 saturated heterocycles. The van der Waals surface area contributed by atoms with Gasteiger partial charge in [0.25, 0.3) is 11.8 Å². The maximum atomic E-state index is 13.3. The first-order chi connectivity index (χ1) is 14.4. The normalized spacial score (nSPS) is 11.7. The third-order valence-electron chi connectivity index (χ3n) is 4.33. The second-order valence-electron chi connectivity index (χ2n) is 6.35. The Bertz CT molecular complexity index is 979. The fourth-order valence-corrected chi connectivity index (χ4v) is 2.74. The zero-order chi connectivity index (χ0) is 21.7. The van der Waals surface area contributed by atoms with E-state index in [0.717, 1.165) is 5.56 Å². The summed E-state index contributed by atoms with van der Waals surface area (Å²) in [5, 5.41) is 9.92. The van der Waals surface area contributed by atoms with Crippen LogP contribution in [0.3, 0.4) is 0 Å². The highest BCUT2D eigenvalue weighted by atomic mass is 19.3. The van der Waals surface area contributed by atoms with Crippen LogP contribution in [0.15, 0.2) is 41.1 Å². The molecule has 0 saturated carbocycles. The predicted octanol–water partition coefficient (Wildman–Crippen LogP) is 4.26. The highest BCUT2D eigenvalue weighted by molar-refractivity contribution is 5.73. The van der Waals surface area contributed by atoms with Crippen LogP contribution >= 0.6 is 0 Å². The Morgan fingerprint density at radius 1 is 1.16 bits per heavy atom. The summed E-state index contributed by atoms with van der Waals surface area (Å²) in [6.07, 6.45) is -0.169. The van der Waals surface area contributed by atoms with Gasteiger partial charge in [0.2, 0.25) is 11.9 Å². The summed E-state index contributed by atoms with van der Waals surface area (Å²) in [5.41, 5.74) is 1.01. The van der Waals surface area contributed by atoms with E-state index in [1.54, 1.807) is 17.0 Å². The van der Waals surface area contributed by atoms with E-state index < -0.39 is 18.4 Å². The third kappa shape index (κ3) is 6.00. The minimum absolute atomic E-state index is 0. The van der Waals surface area contributed by atoms with Gasteiger partial charge < -0.3 is 14.6 Å². The average molecular weight is 436 g/mol. The number of nitrogens with one attached hydrogen (secondary N) is 1. The van der Waals surface area contributed by atoms with Crippen LogP contribution in [0.4, 0.5) is 19.1 Å². The quantitative estimate of drug-likeness (QED) is 0.563. The van der Waals surface area contributed by atoms with Crippen molar-refractivity contribution in [3.63, 3.8) is 0 Å². The van der Waals surface area contributed by atoms with E-state index in [-0.39, 0.29) is 36.6 Å². The van der Waals surface area contributed by atoms with Gasteiger partial charge in [-0.1, -0.05) is 19.6 Å². The molecule has 1 amide bonds. The van der Waals surface area contributed by atoms with Crippen molar-refractivity contribution in [2.45, 2.75) is 33.7 Å². The van der Waals surface area contributed by atoms with Crippen molar-refractivity contribution >= 4 is 11.9 Å². The Hall–Kier alpha value is -3.50. The molecule has 0 aliphatic heterocycles. The lowest BCUT2D eigenvalue weighted by molar-refractivity contribution is -0.128. The van der Waals surface area contributed by atoms with Crippen molar-refractivity contribution in [1.82, 2.24) is 25.1 Å². The van der Waals surface area contributed by atoms with Crippen LogP contribution in [-0.4, -0.2) is 44.1 Å². The van der Waals surface area contributed by atoms with Crippen molar-refractivity contribution in [2.75, 3.05) is 18.4 Å². The largest absolute Gasteiger partial charge is 0.415 e. The fourth-order valence-electron chi connectivity index (χ4n) is 2.74. The topological polar surface area (TPSA) is 97.0 Å². The van der Waals surface area contributed by atoms with Gasteiger partial charge in [-0.2, -0.15) is 8.78 Å². The molecule has 2 aromatic heterocycles. The van der Waals surface area contributed by atoms with Crippen LogP contribution in [0, 0.1) is 5.82 Å². The standard InChI is InChI=1S/C19H19F3N6O2.CH4/c1-3-28(11(2)29)10-15(12-4-6-14(20)7-5-12)25-19-23-8-13(9-24-19)17-26-27-18(30-17)16(21)22;/h4-9,15-16H,3,10H2,1-2H3,(H,23,24,25);1H4. The number of amides is 1. The summed E-state index contributed by atoms with van der Waals surface area (Å²) in [6, 6.07) is 5.47. The minimum atomic E-state index is -2.87. The van der Waals surface area contributed by atoms with E-state index in [1.165, 1.54) is 31.5 Å². The molecule has 0 fully saturated rings. The van der Waals surface area contributed by atoms with Crippen molar-refractivity contribution in [2.24, 2.45) is 0 Å². The Labute approximate surface area is 177 Å². The zero-order valence-corrected chi connectivity index (χ0v) is 16.2. The molecule has 0 aliphatic rings. The molecule has 1 unspecified atom stereocenters. The number of hydrogen-bond acceptors (Lipinski definition) is 7. The molecule has 1 atom stereocenters. The highest BCUT2D eigenvalue weighted by Gasteiger charge is 2.20. The molecule has 166 valence electrons. The molecule has 3 rings (SSSR count). The number of likely N-dealkylation sites (N-methyl/N-ethyl adjacent to an activating group) is 1. The second-order valence-corrected chi connectivity index (χ2v) is 6.35. The van der Waals surface area contributed by atoms with E-state index in [4.69, 9.17) is 4.42 Å². The van der Waals surface area contributed by atoms with Crippen molar-refractivity contribution in [3.8, 4) is 11.5 Å². The molecule has 1 aromatic carbocycles. The summed E-state index contributed by atoms with van der Waals surface area (Å²) in [5.74, 6) is -1.16. The van der Waals surface area contributed by atoms with Crippen LogP contribution in [0.5, 0.6) is 0 Å². The molecule has 11 heteroatoms. The number of aromatic nitrogens is 4. The summed E-state index contributed by atoms with van der Waals surface area (Å²) >= 11 is 0. The third-order valence-corrected chi connectivity index (χ3v) is 4.33. The molecule has 0 bridgehead atoms. The molecular weight excluding hydrogens is 413 g/mol. The van der Waals surface area contributed by atoms with Gasteiger partial charge in [-0.15, -0.1) is 10.2 Å². The molecule has 1 N–H and O–H groups in total. The lowest BCUT2D eigenvalue weighted by atomic mass is 10.1. The van der Waals surface area contributed by atoms with Crippen molar-refractivity contribution in [3.05, 3.63) is 53.9 Å². The van der Waals surface area contributed by atoms with Gasteiger partial charge in [0, 0.05) is 32.4 Å². The number of carbonyl (C=O) groups excluding carboxylic acids is 1. The summed E-state index contributed by atoms with van der Waals surface area (Å²) in [6.45, 7) is 4.13. The lowest BCUT2D eigenvalue weighted by Gasteiger charge is -2.27. The summed E-state index contributed by atoms with van der Waals surface area (Å²) in [7, 11) is 0. The first kappa shape index (κ1) is 23.8. The van der Waals surface area contributed by atoms with Crippen molar-refractivity contribution < 1.29 is 22.4 Å². The van der Waals surface area contributed by atoms with E-state index in [0.29, 0.717) is 13.1 Å². The number of hydrogen-bond donors (Lipinski definition) is 1. The van der Waals surface area contributed by atoms with Crippen molar-refractivity contribution in [1.29, 1.82) is 0 Å². The van der Waals surface area contributed by atoms with Gasteiger partial charge >= 0.3 is 6.43 Å². The van der Waals surface area contributed by atoms with Crippen LogP contribution in [0.1, 0.15) is 45.2 Å². The molecule has 0 radical (unpaired) electrons. The zero-order valence-electron chi connectivity index (χ0n) is 16.2. The molecule has 2 heterocycles. The molecule has 0 spiro atoms. The fraction of sp³-hybridized carbons (Fsp3) is 0.350. The minimum Gasteiger partial charge on any atom is -0.415 e.